The Morgan fingerprint density at radius 3 is 2.48 bits per heavy atom. The molecular formula is C15H15FN4O4S. The van der Waals surface area contributed by atoms with E-state index in [1.54, 1.807) is 11.0 Å². The molecule has 1 aliphatic rings. The van der Waals surface area contributed by atoms with Crippen molar-refractivity contribution in [3.63, 3.8) is 0 Å². The van der Waals surface area contributed by atoms with Gasteiger partial charge in [-0.2, -0.15) is 4.31 Å². The van der Waals surface area contributed by atoms with Crippen molar-refractivity contribution in [2.45, 2.75) is 4.90 Å². The van der Waals surface area contributed by atoms with Gasteiger partial charge in [-0.25, -0.2) is 12.8 Å². The first-order valence-electron chi connectivity index (χ1n) is 7.48. The molecule has 1 aromatic heterocycles. The highest BCUT2D eigenvalue weighted by atomic mass is 32.2. The highest BCUT2D eigenvalue weighted by Gasteiger charge is 2.30. The Balaban J connectivity index is 1.79. The molecule has 1 saturated heterocycles. The third-order valence-corrected chi connectivity index (χ3v) is 5.87. The quantitative estimate of drug-likeness (QED) is 0.603. The maximum absolute atomic E-state index is 13.5. The van der Waals surface area contributed by atoms with E-state index in [1.807, 2.05) is 0 Å². The number of piperazine rings is 1. The summed E-state index contributed by atoms with van der Waals surface area (Å²) >= 11 is 0. The van der Waals surface area contributed by atoms with Crippen LogP contribution in [0.15, 0.2) is 47.6 Å². The first-order chi connectivity index (χ1) is 11.9. The van der Waals surface area contributed by atoms with Crippen LogP contribution < -0.4 is 4.90 Å². The molecule has 0 saturated carbocycles. The van der Waals surface area contributed by atoms with E-state index in [-0.39, 0.29) is 42.4 Å². The molecule has 3 rings (SSSR count). The summed E-state index contributed by atoms with van der Waals surface area (Å²) in [4.78, 5) is 16.1. The van der Waals surface area contributed by atoms with Crippen LogP contribution in [0.2, 0.25) is 0 Å². The third-order valence-electron chi connectivity index (χ3n) is 3.99. The van der Waals surface area contributed by atoms with E-state index in [4.69, 9.17) is 0 Å². The standard InChI is InChI=1S/C15H15FN4O4S/c16-12-3-4-14(20(21)22)15(10-12)18-6-8-19(9-7-18)25(23,24)13-2-1-5-17-11-13/h1-5,10-11H,6-9H2. The zero-order valence-electron chi connectivity index (χ0n) is 13.1. The average molecular weight is 366 g/mol. The number of hydrogen-bond donors (Lipinski definition) is 0. The summed E-state index contributed by atoms with van der Waals surface area (Å²) in [6.45, 7) is 0.739. The molecule has 0 radical (unpaired) electrons. The maximum atomic E-state index is 13.5. The van der Waals surface area contributed by atoms with E-state index in [9.17, 15) is 22.9 Å². The number of nitro groups is 1. The van der Waals surface area contributed by atoms with Gasteiger partial charge >= 0.3 is 0 Å². The number of rotatable bonds is 4. The predicted octanol–water partition coefficient (Wildman–Crippen LogP) is 1.64. The topological polar surface area (TPSA) is 96.6 Å². The number of halogens is 1. The van der Waals surface area contributed by atoms with E-state index in [2.05, 4.69) is 4.98 Å². The third kappa shape index (κ3) is 3.44. The molecule has 0 unspecified atom stereocenters. The minimum absolute atomic E-state index is 0.0974. The number of anilines is 1. The van der Waals surface area contributed by atoms with Gasteiger partial charge in [0.25, 0.3) is 5.69 Å². The van der Waals surface area contributed by atoms with Crippen LogP contribution >= 0.6 is 0 Å². The Bertz CT molecular complexity index is 884. The monoisotopic (exact) mass is 366 g/mol. The van der Waals surface area contributed by atoms with Crippen LogP contribution in [0.3, 0.4) is 0 Å². The van der Waals surface area contributed by atoms with E-state index in [1.165, 1.54) is 22.8 Å². The van der Waals surface area contributed by atoms with Crippen LogP contribution in [0.1, 0.15) is 0 Å². The Labute approximate surface area is 143 Å². The molecule has 1 aliphatic heterocycles. The van der Waals surface area contributed by atoms with Crippen LogP contribution in [0.25, 0.3) is 0 Å². The Kier molecular flexibility index (Phi) is 4.64. The van der Waals surface area contributed by atoms with Crippen molar-refractivity contribution in [3.8, 4) is 0 Å². The lowest BCUT2D eigenvalue weighted by molar-refractivity contribution is -0.384. The molecule has 0 N–H and O–H groups in total. The number of sulfonamides is 1. The lowest BCUT2D eigenvalue weighted by Crippen LogP contribution is -2.48. The first kappa shape index (κ1) is 17.2. The number of benzene rings is 1. The van der Waals surface area contributed by atoms with Crippen molar-refractivity contribution in [1.29, 1.82) is 0 Å². The molecule has 2 aromatic rings. The first-order valence-corrected chi connectivity index (χ1v) is 8.92. The van der Waals surface area contributed by atoms with Crippen LogP contribution in [0, 0.1) is 15.9 Å². The normalized spacial score (nSPS) is 16.0. The SMILES string of the molecule is O=[N+]([O-])c1ccc(F)cc1N1CCN(S(=O)(=O)c2cccnc2)CC1. The average Bonchev–Trinajstić information content (AvgIpc) is 2.62. The van der Waals surface area contributed by atoms with Gasteiger partial charge in [-0.15, -0.1) is 0 Å². The van der Waals surface area contributed by atoms with Gasteiger partial charge in [0, 0.05) is 50.7 Å². The molecule has 2 heterocycles. The molecule has 0 amide bonds. The largest absolute Gasteiger partial charge is 0.363 e. The maximum Gasteiger partial charge on any atom is 0.292 e. The summed E-state index contributed by atoms with van der Waals surface area (Å²) in [5.74, 6) is -0.578. The molecule has 25 heavy (non-hydrogen) atoms. The molecule has 0 bridgehead atoms. The summed E-state index contributed by atoms with van der Waals surface area (Å²) in [7, 11) is -3.67. The number of nitro benzene ring substituents is 1. The number of aromatic nitrogens is 1. The van der Waals surface area contributed by atoms with Gasteiger partial charge in [0.1, 0.15) is 16.4 Å². The molecule has 132 valence electrons. The summed E-state index contributed by atoms with van der Waals surface area (Å²) in [5, 5.41) is 11.1. The van der Waals surface area contributed by atoms with E-state index in [0.29, 0.717) is 0 Å². The Morgan fingerprint density at radius 1 is 1.16 bits per heavy atom. The molecule has 1 aromatic carbocycles. The van der Waals surface area contributed by atoms with Crippen molar-refractivity contribution < 1.29 is 17.7 Å². The van der Waals surface area contributed by atoms with Crippen molar-refractivity contribution in [1.82, 2.24) is 9.29 Å². The van der Waals surface area contributed by atoms with Crippen molar-refractivity contribution in [3.05, 3.63) is 58.7 Å². The molecule has 0 atom stereocenters. The smallest absolute Gasteiger partial charge is 0.292 e. The van der Waals surface area contributed by atoms with Gasteiger partial charge in [0.05, 0.1) is 4.92 Å². The van der Waals surface area contributed by atoms with Crippen molar-refractivity contribution in [2.24, 2.45) is 0 Å². The number of hydrogen-bond acceptors (Lipinski definition) is 6. The lowest BCUT2D eigenvalue weighted by Gasteiger charge is -2.35. The summed E-state index contributed by atoms with van der Waals surface area (Å²) < 4.78 is 39.9. The second-order valence-corrected chi connectivity index (χ2v) is 7.41. The van der Waals surface area contributed by atoms with Gasteiger partial charge in [-0.3, -0.25) is 15.1 Å². The highest BCUT2D eigenvalue weighted by molar-refractivity contribution is 7.89. The highest BCUT2D eigenvalue weighted by Crippen LogP contribution is 2.30. The molecule has 8 nitrogen and oxygen atoms in total. The van der Waals surface area contributed by atoms with Crippen LogP contribution in [0.4, 0.5) is 15.8 Å². The van der Waals surface area contributed by atoms with Crippen LogP contribution in [-0.2, 0) is 10.0 Å². The fraction of sp³-hybridized carbons (Fsp3) is 0.267. The van der Waals surface area contributed by atoms with Crippen LogP contribution in [0.5, 0.6) is 0 Å². The zero-order valence-corrected chi connectivity index (χ0v) is 13.9. The van der Waals surface area contributed by atoms with Gasteiger partial charge in [-0.05, 0) is 18.2 Å². The fourth-order valence-corrected chi connectivity index (χ4v) is 4.11. The Hall–Kier alpha value is -2.59. The minimum Gasteiger partial charge on any atom is -0.363 e. The number of nitrogens with zero attached hydrogens (tertiary/aromatic N) is 4. The second kappa shape index (κ2) is 6.73. The molecular weight excluding hydrogens is 351 g/mol. The predicted molar refractivity (Wildman–Crippen MR) is 88.3 cm³/mol. The fourth-order valence-electron chi connectivity index (χ4n) is 2.72. The van der Waals surface area contributed by atoms with Gasteiger partial charge in [0.15, 0.2) is 0 Å². The van der Waals surface area contributed by atoms with E-state index in [0.717, 1.165) is 18.2 Å². The molecule has 10 heteroatoms. The molecule has 1 fully saturated rings. The molecule has 0 aliphatic carbocycles. The Morgan fingerprint density at radius 2 is 1.88 bits per heavy atom. The van der Waals surface area contributed by atoms with Crippen molar-refractivity contribution in [2.75, 3.05) is 31.1 Å². The van der Waals surface area contributed by atoms with Gasteiger partial charge < -0.3 is 4.90 Å². The lowest BCUT2D eigenvalue weighted by atomic mass is 10.2. The summed E-state index contributed by atoms with van der Waals surface area (Å²) in [5.41, 5.74) is -0.0478. The minimum atomic E-state index is -3.67. The molecule has 0 spiro atoms. The summed E-state index contributed by atoms with van der Waals surface area (Å²) in [6.07, 6.45) is 2.76. The zero-order chi connectivity index (χ0) is 18.0. The van der Waals surface area contributed by atoms with Gasteiger partial charge in [0.2, 0.25) is 10.0 Å². The van der Waals surface area contributed by atoms with E-state index >= 15 is 0 Å². The summed E-state index contributed by atoms with van der Waals surface area (Å²) in [6, 6.07) is 6.25. The van der Waals surface area contributed by atoms with E-state index < -0.39 is 20.8 Å². The van der Waals surface area contributed by atoms with Crippen LogP contribution in [-0.4, -0.2) is 48.8 Å². The van der Waals surface area contributed by atoms with Gasteiger partial charge in [-0.1, -0.05) is 0 Å². The number of pyridine rings is 1. The second-order valence-electron chi connectivity index (χ2n) is 5.47. The van der Waals surface area contributed by atoms with Crippen molar-refractivity contribution >= 4 is 21.4 Å².